The molecule has 0 saturated heterocycles. The lowest BCUT2D eigenvalue weighted by Gasteiger charge is -2.04. The maximum absolute atomic E-state index is 11.8. The molecule has 0 fully saturated rings. The number of anilines is 1. The first-order valence-electron chi connectivity index (χ1n) is 5.47. The number of aromatic nitrogens is 1. The number of hydrogen-bond donors (Lipinski definition) is 3. The van der Waals surface area contributed by atoms with Crippen molar-refractivity contribution in [3.05, 3.63) is 40.9 Å². The number of amides is 1. The molecule has 0 unspecified atom stereocenters. The first-order chi connectivity index (χ1) is 9.36. The van der Waals surface area contributed by atoms with Crippen molar-refractivity contribution in [2.45, 2.75) is 11.4 Å². The highest BCUT2D eigenvalue weighted by Gasteiger charge is 2.10. The first-order valence-corrected chi connectivity index (χ1v) is 7.90. The number of nitrogens with two attached hydrogens (primary N) is 2. The van der Waals surface area contributed by atoms with Crippen LogP contribution in [0.5, 0.6) is 0 Å². The van der Waals surface area contributed by atoms with Gasteiger partial charge in [-0.3, -0.25) is 4.79 Å². The van der Waals surface area contributed by atoms with E-state index in [0.29, 0.717) is 16.4 Å². The van der Waals surface area contributed by atoms with Gasteiger partial charge in [-0.15, -0.1) is 11.3 Å². The monoisotopic (exact) mass is 312 g/mol. The van der Waals surface area contributed by atoms with Crippen LogP contribution in [0.3, 0.4) is 0 Å². The van der Waals surface area contributed by atoms with Gasteiger partial charge in [-0.1, -0.05) is 0 Å². The summed E-state index contributed by atoms with van der Waals surface area (Å²) < 4.78 is 22.2. The van der Waals surface area contributed by atoms with Crippen molar-refractivity contribution in [1.29, 1.82) is 0 Å². The smallest absolute Gasteiger partial charge is 0.251 e. The van der Waals surface area contributed by atoms with E-state index in [1.807, 2.05) is 0 Å². The number of nitrogen functional groups attached to an aromatic ring is 1. The van der Waals surface area contributed by atoms with Crippen molar-refractivity contribution < 1.29 is 13.2 Å². The summed E-state index contributed by atoms with van der Waals surface area (Å²) in [6, 6.07) is 5.35. The molecule has 106 valence electrons. The van der Waals surface area contributed by atoms with Gasteiger partial charge in [0.1, 0.15) is 0 Å². The molecule has 7 nitrogen and oxygen atoms in total. The lowest BCUT2D eigenvalue weighted by atomic mass is 10.2. The zero-order chi connectivity index (χ0) is 14.8. The van der Waals surface area contributed by atoms with Gasteiger partial charge in [0.15, 0.2) is 5.13 Å². The van der Waals surface area contributed by atoms with Crippen LogP contribution in [0.1, 0.15) is 16.1 Å². The second-order valence-corrected chi connectivity index (χ2v) is 6.38. The highest BCUT2D eigenvalue weighted by Crippen LogP contribution is 2.11. The molecule has 1 amide bonds. The molecular formula is C11H12N4O3S2. The number of carbonyl (C=O) groups excluding carboxylic acids is 1. The largest absolute Gasteiger partial charge is 0.375 e. The maximum Gasteiger partial charge on any atom is 0.251 e. The zero-order valence-corrected chi connectivity index (χ0v) is 11.9. The van der Waals surface area contributed by atoms with Crippen molar-refractivity contribution in [3.8, 4) is 0 Å². The van der Waals surface area contributed by atoms with Crippen LogP contribution in [-0.2, 0) is 16.6 Å². The van der Waals surface area contributed by atoms with Gasteiger partial charge in [0, 0.05) is 10.9 Å². The van der Waals surface area contributed by atoms with E-state index in [1.54, 1.807) is 5.38 Å². The summed E-state index contributed by atoms with van der Waals surface area (Å²) in [6.07, 6.45) is 0. The molecule has 5 N–H and O–H groups in total. The lowest BCUT2D eigenvalue weighted by Crippen LogP contribution is -2.23. The summed E-state index contributed by atoms with van der Waals surface area (Å²) in [4.78, 5) is 15.8. The highest BCUT2D eigenvalue weighted by molar-refractivity contribution is 7.89. The minimum Gasteiger partial charge on any atom is -0.375 e. The Morgan fingerprint density at radius 3 is 2.45 bits per heavy atom. The molecule has 0 aliphatic heterocycles. The van der Waals surface area contributed by atoms with Gasteiger partial charge in [0.25, 0.3) is 5.91 Å². The fourth-order valence-electron chi connectivity index (χ4n) is 1.47. The highest BCUT2D eigenvalue weighted by atomic mass is 32.2. The van der Waals surface area contributed by atoms with Crippen LogP contribution < -0.4 is 16.2 Å². The third-order valence-corrected chi connectivity index (χ3v) is 4.10. The minimum atomic E-state index is -3.75. The van der Waals surface area contributed by atoms with E-state index in [9.17, 15) is 13.2 Å². The van der Waals surface area contributed by atoms with Gasteiger partial charge in [0.2, 0.25) is 10.0 Å². The molecular weight excluding hydrogens is 300 g/mol. The van der Waals surface area contributed by atoms with Crippen LogP contribution in [0.4, 0.5) is 5.13 Å². The van der Waals surface area contributed by atoms with Crippen LogP contribution in [0, 0.1) is 0 Å². The number of primary sulfonamides is 1. The van der Waals surface area contributed by atoms with E-state index >= 15 is 0 Å². The number of benzene rings is 1. The topological polar surface area (TPSA) is 128 Å². The molecule has 2 rings (SSSR count). The molecule has 0 spiro atoms. The van der Waals surface area contributed by atoms with E-state index in [4.69, 9.17) is 10.9 Å². The van der Waals surface area contributed by atoms with Crippen molar-refractivity contribution in [1.82, 2.24) is 10.3 Å². The van der Waals surface area contributed by atoms with E-state index in [-0.39, 0.29) is 17.3 Å². The van der Waals surface area contributed by atoms with Crippen molar-refractivity contribution in [2.24, 2.45) is 5.14 Å². The Bertz CT molecular complexity index is 722. The molecule has 0 aliphatic carbocycles. The molecule has 9 heteroatoms. The Balaban J connectivity index is 2.02. The number of nitrogens with one attached hydrogen (secondary N) is 1. The summed E-state index contributed by atoms with van der Waals surface area (Å²) in [7, 11) is -3.75. The number of hydrogen-bond acceptors (Lipinski definition) is 6. The zero-order valence-electron chi connectivity index (χ0n) is 10.2. The van der Waals surface area contributed by atoms with Gasteiger partial charge in [-0.25, -0.2) is 18.5 Å². The Kier molecular flexibility index (Phi) is 4.02. The summed E-state index contributed by atoms with van der Waals surface area (Å²) in [5, 5.41) is 9.81. The summed E-state index contributed by atoms with van der Waals surface area (Å²) in [5.74, 6) is -0.336. The minimum absolute atomic E-state index is 0.0404. The molecule has 1 aromatic carbocycles. The Hall–Kier alpha value is -1.97. The maximum atomic E-state index is 11.8. The lowest BCUT2D eigenvalue weighted by molar-refractivity contribution is 0.0950. The van der Waals surface area contributed by atoms with Gasteiger partial charge < -0.3 is 11.1 Å². The SMILES string of the molecule is Nc1nc(CNC(=O)c2ccc(S(N)(=O)=O)cc2)cs1. The number of sulfonamides is 1. The quantitative estimate of drug-likeness (QED) is 0.748. The van der Waals surface area contributed by atoms with Crippen molar-refractivity contribution >= 4 is 32.4 Å². The van der Waals surface area contributed by atoms with Gasteiger partial charge in [0.05, 0.1) is 17.1 Å². The molecule has 0 atom stereocenters. The average molecular weight is 312 g/mol. The molecule has 0 saturated carbocycles. The molecule has 2 aromatic rings. The molecule has 0 bridgehead atoms. The first kappa shape index (κ1) is 14.4. The van der Waals surface area contributed by atoms with Gasteiger partial charge in [-0.05, 0) is 24.3 Å². The van der Waals surface area contributed by atoms with Gasteiger partial charge >= 0.3 is 0 Å². The van der Waals surface area contributed by atoms with Crippen molar-refractivity contribution in [2.75, 3.05) is 5.73 Å². The second-order valence-electron chi connectivity index (χ2n) is 3.93. The summed E-state index contributed by atoms with van der Waals surface area (Å²) in [6.45, 7) is 0.253. The number of carbonyl (C=O) groups is 1. The second kappa shape index (κ2) is 5.57. The Morgan fingerprint density at radius 2 is 1.95 bits per heavy atom. The molecule has 1 heterocycles. The van der Waals surface area contributed by atoms with Crippen molar-refractivity contribution in [3.63, 3.8) is 0 Å². The van der Waals surface area contributed by atoms with E-state index < -0.39 is 10.0 Å². The third-order valence-electron chi connectivity index (χ3n) is 2.44. The van der Waals surface area contributed by atoms with Crippen LogP contribution in [-0.4, -0.2) is 19.3 Å². The summed E-state index contributed by atoms with van der Waals surface area (Å²) in [5.41, 5.74) is 6.48. The molecule has 0 radical (unpaired) electrons. The van der Waals surface area contributed by atoms with Crippen LogP contribution in [0.15, 0.2) is 34.5 Å². The molecule has 20 heavy (non-hydrogen) atoms. The third kappa shape index (κ3) is 3.53. The van der Waals surface area contributed by atoms with Crippen LogP contribution in [0.25, 0.3) is 0 Å². The standard InChI is InChI=1S/C11H12N4O3S2/c12-11-15-8(6-19-11)5-14-10(16)7-1-3-9(4-2-7)20(13,17)18/h1-4,6H,5H2,(H2,12,15)(H,14,16)(H2,13,17,18). The van der Waals surface area contributed by atoms with E-state index in [2.05, 4.69) is 10.3 Å². The number of thiazole rings is 1. The molecule has 0 aliphatic rings. The van der Waals surface area contributed by atoms with E-state index in [1.165, 1.54) is 35.6 Å². The van der Waals surface area contributed by atoms with Crippen LogP contribution >= 0.6 is 11.3 Å². The normalized spacial score (nSPS) is 11.2. The Morgan fingerprint density at radius 1 is 1.30 bits per heavy atom. The predicted octanol–water partition coefficient (Wildman–Crippen LogP) is 0.303. The fraction of sp³-hybridized carbons (Fsp3) is 0.0909. The van der Waals surface area contributed by atoms with Gasteiger partial charge in [-0.2, -0.15) is 0 Å². The molecule has 1 aromatic heterocycles. The fourth-order valence-corrected chi connectivity index (χ4v) is 2.55. The van der Waals surface area contributed by atoms with Crippen LogP contribution in [0.2, 0.25) is 0 Å². The predicted molar refractivity (Wildman–Crippen MR) is 75.5 cm³/mol. The number of nitrogens with zero attached hydrogens (tertiary/aromatic N) is 1. The Labute approximate surface area is 119 Å². The number of rotatable bonds is 4. The van der Waals surface area contributed by atoms with E-state index in [0.717, 1.165) is 0 Å². The summed E-state index contributed by atoms with van der Waals surface area (Å²) >= 11 is 1.29. The average Bonchev–Trinajstić information content (AvgIpc) is 2.81.